The average molecular weight is 326 g/mol. The van der Waals surface area contributed by atoms with E-state index in [4.69, 9.17) is 4.74 Å². The number of methoxy groups -OCH3 is 1. The third kappa shape index (κ3) is 3.01. The Bertz CT molecular complexity index is 713. The molecule has 2 saturated heterocycles. The molecule has 2 bridgehead atoms. The topological polar surface area (TPSA) is 59.4 Å². The average Bonchev–Trinajstić information content (AvgIpc) is 3.22. The van der Waals surface area contributed by atoms with Gasteiger partial charge in [-0.15, -0.1) is 0 Å². The van der Waals surface area contributed by atoms with Crippen molar-refractivity contribution < 1.29 is 9.53 Å². The predicted octanol–water partition coefficient (Wildman–Crippen LogP) is 2.21. The zero-order valence-corrected chi connectivity index (χ0v) is 13.8. The maximum absolute atomic E-state index is 12.4. The van der Waals surface area contributed by atoms with Crippen LogP contribution >= 0.6 is 0 Å². The van der Waals surface area contributed by atoms with E-state index in [1.54, 1.807) is 19.5 Å². The van der Waals surface area contributed by atoms with E-state index >= 15 is 0 Å². The Kier molecular flexibility index (Phi) is 3.98. The summed E-state index contributed by atoms with van der Waals surface area (Å²) in [6, 6.07) is 7.81. The van der Waals surface area contributed by atoms with Gasteiger partial charge in [0.1, 0.15) is 5.75 Å². The molecule has 2 fully saturated rings. The van der Waals surface area contributed by atoms with Gasteiger partial charge in [0.2, 0.25) is 0 Å². The Morgan fingerprint density at radius 2 is 2.08 bits per heavy atom. The molecule has 4 rings (SSSR count). The highest BCUT2D eigenvalue weighted by Crippen LogP contribution is 2.27. The molecule has 2 aliphatic rings. The second-order valence-corrected chi connectivity index (χ2v) is 6.70. The third-order valence-corrected chi connectivity index (χ3v) is 5.01. The van der Waals surface area contributed by atoms with Gasteiger partial charge in [0, 0.05) is 30.9 Å². The van der Waals surface area contributed by atoms with Crippen molar-refractivity contribution in [2.75, 3.05) is 26.7 Å². The fourth-order valence-electron chi connectivity index (χ4n) is 3.77. The van der Waals surface area contributed by atoms with Crippen LogP contribution in [0.2, 0.25) is 0 Å². The van der Waals surface area contributed by atoms with Gasteiger partial charge in [-0.2, -0.15) is 9.78 Å². The fraction of sp³-hybridized carbons (Fsp3) is 0.444. The normalized spacial score (nSPS) is 25.5. The fourth-order valence-corrected chi connectivity index (χ4v) is 3.77. The highest BCUT2D eigenvalue weighted by molar-refractivity contribution is 5.77. The maximum atomic E-state index is 12.4. The van der Waals surface area contributed by atoms with Crippen molar-refractivity contribution in [3.8, 4) is 16.9 Å². The van der Waals surface area contributed by atoms with Gasteiger partial charge in [-0.3, -0.25) is 0 Å². The Labute approximate surface area is 141 Å². The standard InChI is InChI=1S/C18H22N4O2/c1-24-17-4-2-14(3-5-17)15-9-19-22(11-15)18(23)20-16-8-13-6-7-21(10-13)12-16/h2-5,9,11,13,16H,6-8,10,12H2,1H3,(H,20,23)/t13-,16-/m1/s1. The number of carbonyl (C=O) groups is 1. The molecule has 3 atom stereocenters. The zero-order valence-electron chi connectivity index (χ0n) is 13.8. The van der Waals surface area contributed by atoms with Crippen LogP contribution in [0, 0.1) is 5.92 Å². The summed E-state index contributed by atoms with van der Waals surface area (Å²) in [5.41, 5.74) is 1.93. The van der Waals surface area contributed by atoms with Gasteiger partial charge in [-0.05, 0) is 43.0 Å². The first kappa shape index (κ1) is 15.2. The first-order valence-electron chi connectivity index (χ1n) is 8.43. The molecule has 6 nitrogen and oxygen atoms in total. The van der Waals surface area contributed by atoms with Crippen molar-refractivity contribution in [2.24, 2.45) is 5.92 Å². The quantitative estimate of drug-likeness (QED) is 0.939. The molecular formula is C18H22N4O2. The summed E-state index contributed by atoms with van der Waals surface area (Å²) in [5.74, 6) is 1.54. The van der Waals surface area contributed by atoms with E-state index in [2.05, 4.69) is 15.3 Å². The zero-order chi connectivity index (χ0) is 16.5. The molecule has 0 radical (unpaired) electrons. The van der Waals surface area contributed by atoms with E-state index in [0.29, 0.717) is 0 Å². The lowest BCUT2D eigenvalue weighted by Crippen LogP contribution is -2.48. The molecule has 2 aromatic rings. The minimum Gasteiger partial charge on any atom is -0.497 e. The lowest BCUT2D eigenvalue weighted by Gasteiger charge is -2.30. The lowest BCUT2D eigenvalue weighted by molar-refractivity contribution is 0.204. The van der Waals surface area contributed by atoms with Crippen LogP contribution in [0.25, 0.3) is 11.1 Å². The van der Waals surface area contributed by atoms with Gasteiger partial charge in [0.25, 0.3) is 0 Å². The number of benzene rings is 1. The van der Waals surface area contributed by atoms with Crippen LogP contribution in [0.4, 0.5) is 4.79 Å². The molecule has 0 spiro atoms. The summed E-state index contributed by atoms with van der Waals surface area (Å²) < 4.78 is 6.56. The number of nitrogens with zero attached hydrogens (tertiary/aromatic N) is 3. The van der Waals surface area contributed by atoms with E-state index in [0.717, 1.165) is 35.8 Å². The molecule has 1 amide bonds. The molecule has 1 unspecified atom stereocenters. The molecule has 0 saturated carbocycles. The van der Waals surface area contributed by atoms with E-state index in [9.17, 15) is 4.79 Å². The molecule has 0 aliphatic carbocycles. The monoisotopic (exact) mass is 326 g/mol. The first-order chi connectivity index (χ1) is 11.7. The number of hydrogen-bond acceptors (Lipinski definition) is 4. The summed E-state index contributed by atoms with van der Waals surface area (Å²) in [6.07, 6.45) is 5.83. The molecule has 2 aliphatic heterocycles. The number of hydrogen-bond donors (Lipinski definition) is 1. The summed E-state index contributed by atoms with van der Waals surface area (Å²) >= 11 is 0. The van der Waals surface area contributed by atoms with Crippen LogP contribution in [0.3, 0.4) is 0 Å². The van der Waals surface area contributed by atoms with Crippen LogP contribution in [0.1, 0.15) is 12.8 Å². The Balaban J connectivity index is 1.42. The largest absolute Gasteiger partial charge is 0.497 e. The summed E-state index contributed by atoms with van der Waals surface area (Å²) in [4.78, 5) is 14.9. The number of carbonyl (C=O) groups excluding carboxylic acids is 1. The number of nitrogens with one attached hydrogen (secondary N) is 1. The molecular weight excluding hydrogens is 304 g/mol. The van der Waals surface area contributed by atoms with Gasteiger partial charge >= 0.3 is 6.03 Å². The molecule has 6 heteroatoms. The van der Waals surface area contributed by atoms with Crippen LogP contribution in [-0.4, -0.2) is 53.5 Å². The van der Waals surface area contributed by atoms with Crippen molar-refractivity contribution >= 4 is 6.03 Å². The summed E-state index contributed by atoms with van der Waals surface area (Å²) in [5, 5.41) is 7.33. The Morgan fingerprint density at radius 3 is 2.83 bits per heavy atom. The highest BCUT2D eigenvalue weighted by Gasteiger charge is 2.33. The predicted molar refractivity (Wildman–Crippen MR) is 91.1 cm³/mol. The van der Waals surface area contributed by atoms with Crippen LogP contribution in [0.15, 0.2) is 36.7 Å². The molecule has 126 valence electrons. The van der Waals surface area contributed by atoms with E-state index < -0.39 is 0 Å². The van der Waals surface area contributed by atoms with Gasteiger partial charge in [-0.1, -0.05) is 12.1 Å². The van der Waals surface area contributed by atoms with Crippen LogP contribution in [-0.2, 0) is 0 Å². The second-order valence-electron chi connectivity index (χ2n) is 6.70. The summed E-state index contributed by atoms with van der Waals surface area (Å²) in [6.45, 7) is 3.31. The van der Waals surface area contributed by atoms with E-state index in [1.807, 2.05) is 24.3 Å². The number of aromatic nitrogens is 2. The molecule has 3 heterocycles. The van der Waals surface area contributed by atoms with Crippen molar-refractivity contribution in [3.63, 3.8) is 0 Å². The van der Waals surface area contributed by atoms with Gasteiger partial charge in [-0.25, -0.2) is 4.79 Å². The van der Waals surface area contributed by atoms with Gasteiger partial charge in [0.05, 0.1) is 13.3 Å². The molecule has 1 aromatic carbocycles. The van der Waals surface area contributed by atoms with Crippen molar-refractivity contribution in [1.82, 2.24) is 20.0 Å². The molecule has 24 heavy (non-hydrogen) atoms. The van der Waals surface area contributed by atoms with Crippen molar-refractivity contribution in [3.05, 3.63) is 36.7 Å². The van der Waals surface area contributed by atoms with Gasteiger partial charge < -0.3 is 15.0 Å². The highest BCUT2D eigenvalue weighted by atomic mass is 16.5. The van der Waals surface area contributed by atoms with Crippen LogP contribution < -0.4 is 10.1 Å². The summed E-state index contributed by atoms with van der Waals surface area (Å²) in [7, 11) is 1.64. The molecule has 1 aromatic heterocycles. The number of fused-ring (bicyclic) bond motifs is 2. The maximum Gasteiger partial charge on any atom is 0.342 e. The van der Waals surface area contributed by atoms with E-state index in [-0.39, 0.29) is 12.1 Å². The SMILES string of the molecule is COc1ccc(-c2cnn(C(=O)N[C@@H]3C[C@H]4CCN(C4)C3)c2)cc1. The lowest BCUT2D eigenvalue weighted by atomic mass is 9.97. The Hall–Kier alpha value is -2.34. The number of amides is 1. The third-order valence-electron chi connectivity index (χ3n) is 5.01. The number of piperidine rings is 1. The first-order valence-corrected chi connectivity index (χ1v) is 8.43. The minimum absolute atomic E-state index is 0.151. The number of rotatable bonds is 3. The van der Waals surface area contributed by atoms with Crippen LogP contribution in [0.5, 0.6) is 5.75 Å². The minimum atomic E-state index is -0.151. The second kappa shape index (κ2) is 6.28. The van der Waals surface area contributed by atoms with Crippen molar-refractivity contribution in [1.29, 1.82) is 0 Å². The van der Waals surface area contributed by atoms with Gasteiger partial charge in [0.15, 0.2) is 0 Å². The van der Waals surface area contributed by atoms with E-state index in [1.165, 1.54) is 24.2 Å². The molecule has 1 N–H and O–H groups in total. The number of ether oxygens (including phenoxy) is 1. The van der Waals surface area contributed by atoms with Crippen molar-refractivity contribution in [2.45, 2.75) is 18.9 Å². The smallest absolute Gasteiger partial charge is 0.342 e. The Morgan fingerprint density at radius 1 is 1.25 bits per heavy atom.